The third kappa shape index (κ3) is 4.20. The lowest BCUT2D eigenvalue weighted by Crippen LogP contribution is -2.19. The Bertz CT molecular complexity index is 917. The molecule has 3 aromatic rings. The van der Waals surface area contributed by atoms with E-state index in [0.29, 0.717) is 36.0 Å². The van der Waals surface area contributed by atoms with E-state index in [4.69, 9.17) is 15.0 Å². The highest BCUT2D eigenvalue weighted by Crippen LogP contribution is 2.20. The maximum absolute atomic E-state index is 10.7. The lowest BCUT2D eigenvalue weighted by molar-refractivity contribution is -0.389. The molecule has 11 nitrogen and oxygen atoms in total. The molecule has 134 valence electrons. The monoisotopic (exact) mass is 358 g/mol. The predicted octanol–water partition coefficient (Wildman–Crippen LogP) is 0.948. The molecule has 11 heteroatoms. The fraction of sp³-hybridized carbons (Fsp3) is 0.200. The van der Waals surface area contributed by atoms with Crippen molar-refractivity contribution in [2.45, 2.75) is 13.0 Å². The van der Waals surface area contributed by atoms with Gasteiger partial charge in [-0.3, -0.25) is 4.79 Å². The minimum atomic E-state index is -0.557. The first-order valence-electron chi connectivity index (χ1n) is 7.53. The zero-order chi connectivity index (χ0) is 18.5. The van der Waals surface area contributed by atoms with Gasteiger partial charge < -0.3 is 25.1 Å². The average Bonchev–Trinajstić information content (AvgIpc) is 3.28. The van der Waals surface area contributed by atoms with Crippen LogP contribution in [0.1, 0.15) is 5.89 Å². The average molecular weight is 358 g/mol. The molecule has 0 radical (unpaired) electrons. The minimum absolute atomic E-state index is 0.197. The lowest BCUT2D eigenvalue weighted by Gasteiger charge is -2.03. The number of amides is 1. The Hall–Kier alpha value is -3.76. The fourth-order valence-electron chi connectivity index (χ4n) is 2.11. The number of hydrogen-bond acceptors (Lipinski definition) is 8. The number of hydrogen-bond donors (Lipinski definition) is 1. The summed E-state index contributed by atoms with van der Waals surface area (Å²) in [7, 11) is 0. The normalized spacial score (nSPS) is 10.6. The molecule has 2 heterocycles. The Kier molecular flexibility index (Phi) is 4.87. The van der Waals surface area contributed by atoms with Crippen molar-refractivity contribution in [3.63, 3.8) is 0 Å². The second-order valence-electron chi connectivity index (χ2n) is 5.24. The van der Waals surface area contributed by atoms with Crippen LogP contribution >= 0.6 is 0 Å². The van der Waals surface area contributed by atoms with E-state index in [-0.39, 0.29) is 12.4 Å². The summed E-state index contributed by atoms with van der Waals surface area (Å²) < 4.78 is 11.8. The van der Waals surface area contributed by atoms with E-state index >= 15 is 0 Å². The molecular weight excluding hydrogens is 344 g/mol. The molecule has 0 atom stereocenters. The number of nitrogens with zero attached hydrogens (tertiary/aromatic N) is 5. The molecule has 0 saturated carbocycles. The molecule has 1 amide bonds. The maximum atomic E-state index is 10.7. The molecule has 0 fully saturated rings. The van der Waals surface area contributed by atoms with Crippen molar-refractivity contribution in [2.24, 2.45) is 5.73 Å². The standard InChI is InChI=1S/C15H14N6O5/c16-12(22)9-25-11-3-1-10(2-4-11)15-17-14(26-19-15)6-8-20-7-5-13(18-20)21(23)24/h1-5,7H,6,8-9H2,(H2,16,22). The van der Waals surface area contributed by atoms with Crippen molar-refractivity contribution in [3.05, 3.63) is 52.5 Å². The van der Waals surface area contributed by atoms with Crippen molar-refractivity contribution < 1.29 is 19.0 Å². The maximum Gasteiger partial charge on any atom is 0.389 e. The van der Waals surface area contributed by atoms with E-state index in [9.17, 15) is 14.9 Å². The van der Waals surface area contributed by atoms with Crippen LogP contribution < -0.4 is 10.5 Å². The number of rotatable bonds is 8. The van der Waals surface area contributed by atoms with Gasteiger partial charge in [-0.25, -0.2) is 0 Å². The lowest BCUT2D eigenvalue weighted by atomic mass is 10.2. The molecule has 0 aliphatic carbocycles. The topological polar surface area (TPSA) is 152 Å². The number of benzene rings is 1. The quantitative estimate of drug-likeness (QED) is 0.461. The number of carbonyl (C=O) groups is 1. The summed E-state index contributed by atoms with van der Waals surface area (Å²) in [5.41, 5.74) is 5.72. The number of primary amides is 1. The van der Waals surface area contributed by atoms with Crippen molar-refractivity contribution in [1.82, 2.24) is 19.9 Å². The third-order valence-electron chi connectivity index (χ3n) is 3.33. The SMILES string of the molecule is NC(=O)COc1ccc(-c2noc(CCn3ccc([N+](=O)[O-])n3)n2)cc1. The minimum Gasteiger partial charge on any atom is -0.484 e. The molecule has 1 aromatic carbocycles. The van der Waals surface area contributed by atoms with E-state index in [1.54, 1.807) is 24.3 Å². The number of nitro groups is 1. The number of carbonyl (C=O) groups excluding carboxylic acids is 1. The van der Waals surface area contributed by atoms with Gasteiger partial charge in [0.05, 0.1) is 23.9 Å². The predicted molar refractivity (Wildman–Crippen MR) is 87.0 cm³/mol. The van der Waals surface area contributed by atoms with Gasteiger partial charge in [-0.05, 0) is 29.2 Å². The van der Waals surface area contributed by atoms with Crippen molar-refractivity contribution >= 4 is 11.7 Å². The largest absolute Gasteiger partial charge is 0.484 e. The molecule has 0 unspecified atom stereocenters. The van der Waals surface area contributed by atoms with Crippen molar-refractivity contribution in [3.8, 4) is 17.1 Å². The molecule has 0 aliphatic rings. The van der Waals surface area contributed by atoms with Crippen LogP contribution in [0.4, 0.5) is 5.82 Å². The van der Waals surface area contributed by atoms with E-state index in [1.165, 1.54) is 16.9 Å². The molecule has 26 heavy (non-hydrogen) atoms. The third-order valence-corrected chi connectivity index (χ3v) is 3.33. The van der Waals surface area contributed by atoms with Gasteiger partial charge in [0.25, 0.3) is 5.91 Å². The molecule has 2 N–H and O–H groups in total. The van der Waals surface area contributed by atoms with Crippen molar-refractivity contribution in [1.29, 1.82) is 0 Å². The van der Waals surface area contributed by atoms with Gasteiger partial charge in [0.15, 0.2) is 6.61 Å². The first kappa shape index (κ1) is 17.1. The van der Waals surface area contributed by atoms with Gasteiger partial charge in [0.1, 0.15) is 5.75 Å². The summed E-state index contributed by atoms with van der Waals surface area (Å²) in [5, 5.41) is 18.3. The summed E-state index contributed by atoms with van der Waals surface area (Å²) in [6, 6.07) is 8.10. The first-order valence-corrected chi connectivity index (χ1v) is 7.53. The van der Waals surface area contributed by atoms with E-state index in [1.807, 2.05) is 0 Å². The number of aromatic nitrogens is 4. The number of nitrogens with two attached hydrogens (primary N) is 1. The Balaban J connectivity index is 1.60. The Morgan fingerprint density at radius 2 is 2.08 bits per heavy atom. The zero-order valence-corrected chi connectivity index (χ0v) is 13.4. The Labute approximate surface area is 146 Å². The van der Waals surface area contributed by atoms with Gasteiger partial charge in [-0.15, -0.1) is 0 Å². The van der Waals surface area contributed by atoms with Crippen LogP contribution in [-0.4, -0.2) is 37.4 Å². The molecule has 3 rings (SSSR count). The Morgan fingerprint density at radius 3 is 2.73 bits per heavy atom. The number of ether oxygens (including phenoxy) is 1. The highest BCUT2D eigenvalue weighted by molar-refractivity contribution is 5.75. The summed E-state index contributed by atoms with van der Waals surface area (Å²) in [6.07, 6.45) is 1.89. The van der Waals surface area contributed by atoms with Gasteiger partial charge in [-0.2, -0.15) is 9.67 Å². The summed E-state index contributed by atoms with van der Waals surface area (Å²) >= 11 is 0. The van der Waals surface area contributed by atoms with Crippen LogP contribution in [0.3, 0.4) is 0 Å². The molecule has 0 bridgehead atoms. The van der Waals surface area contributed by atoms with Gasteiger partial charge >= 0.3 is 5.82 Å². The van der Waals surface area contributed by atoms with Crippen LogP contribution in [0.2, 0.25) is 0 Å². The molecule has 0 saturated heterocycles. The summed E-state index contributed by atoms with van der Waals surface area (Å²) in [4.78, 5) is 25.0. The summed E-state index contributed by atoms with van der Waals surface area (Å²) in [5.74, 6) is 0.505. The smallest absolute Gasteiger partial charge is 0.389 e. The van der Waals surface area contributed by atoms with E-state index in [0.717, 1.165) is 0 Å². The first-order chi connectivity index (χ1) is 12.5. The molecule has 0 aliphatic heterocycles. The van der Waals surface area contributed by atoms with Crippen LogP contribution in [0.25, 0.3) is 11.4 Å². The summed E-state index contributed by atoms with van der Waals surface area (Å²) in [6.45, 7) is 0.173. The number of aryl methyl sites for hydroxylation is 2. The second-order valence-corrected chi connectivity index (χ2v) is 5.24. The van der Waals surface area contributed by atoms with Crippen LogP contribution in [0.15, 0.2) is 41.1 Å². The highest BCUT2D eigenvalue weighted by atomic mass is 16.6. The van der Waals surface area contributed by atoms with Crippen LogP contribution in [0.5, 0.6) is 5.75 Å². The van der Waals surface area contributed by atoms with Gasteiger partial charge in [-0.1, -0.05) is 5.16 Å². The van der Waals surface area contributed by atoms with E-state index in [2.05, 4.69) is 15.2 Å². The second kappa shape index (κ2) is 7.42. The molecule has 0 spiro atoms. The van der Waals surface area contributed by atoms with Crippen molar-refractivity contribution in [2.75, 3.05) is 6.61 Å². The Morgan fingerprint density at radius 1 is 1.31 bits per heavy atom. The van der Waals surface area contributed by atoms with E-state index < -0.39 is 10.8 Å². The fourth-order valence-corrected chi connectivity index (χ4v) is 2.11. The molecule has 2 aromatic heterocycles. The van der Waals surface area contributed by atoms with Gasteiger partial charge in [0.2, 0.25) is 11.7 Å². The molecular formula is C15H14N6O5. The van der Waals surface area contributed by atoms with Gasteiger partial charge in [0, 0.05) is 12.0 Å². The zero-order valence-electron chi connectivity index (χ0n) is 13.4. The van der Waals surface area contributed by atoms with Crippen LogP contribution in [-0.2, 0) is 17.8 Å². The van der Waals surface area contributed by atoms with Crippen LogP contribution in [0, 0.1) is 10.1 Å². The highest BCUT2D eigenvalue weighted by Gasteiger charge is 2.13.